The molecule has 1 atom stereocenters. The number of hydrogen-bond donors (Lipinski definition) is 0. The Labute approximate surface area is 152 Å². The Morgan fingerprint density at radius 3 is 2.69 bits per heavy atom. The van der Waals surface area contributed by atoms with Crippen LogP contribution < -0.4 is 4.90 Å². The molecular weight excluding hydrogens is 330 g/mol. The van der Waals surface area contributed by atoms with Crippen LogP contribution in [0.2, 0.25) is 0 Å². The van der Waals surface area contributed by atoms with Crippen LogP contribution in [-0.2, 0) is 4.79 Å². The maximum absolute atomic E-state index is 12.8. The monoisotopic (exact) mass is 353 g/mol. The van der Waals surface area contributed by atoms with Crippen molar-refractivity contribution >= 4 is 23.0 Å². The molecule has 1 fully saturated rings. The number of hydrogen-bond acceptors (Lipinski definition) is 5. The lowest BCUT2D eigenvalue weighted by Crippen LogP contribution is -2.42. The lowest BCUT2D eigenvalue weighted by molar-refractivity contribution is -0.137. The molecule has 4 rings (SSSR count). The molecule has 136 valence electrons. The second-order valence-corrected chi connectivity index (χ2v) is 6.87. The molecule has 3 aromatic rings. The molecule has 0 bridgehead atoms. The number of anilines is 1. The fraction of sp³-hybridized carbons (Fsp3) is 0.400. The van der Waals surface area contributed by atoms with Crippen LogP contribution in [0.15, 0.2) is 51.5 Å². The molecular formula is C20H23N3O3. The van der Waals surface area contributed by atoms with E-state index in [-0.39, 0.29) is 17.9 Å². The number of aromatic nitrogens is 1. The number of carbonyl (C=O) groups excluding carboxylic acids is 1. The number of carbonyl (C=O) groups is 1. The third-order valence-electron chi connectivity index (χ3n) is 5.28. The lowest BCUT2D eigenvalue weighted by atomic mass is 9.95. The zero-order chi connectivity index (χ0) is 18.1. The van der Waals surface area contributed by atoms with Crippen LogP contribution >= 0.6 is 0 Å². The SMILES string of the molecule is CC(c1ccco1)N(C)C(=O)C1CCN(c2nc3ccccc3o2)CC1. The van der Waals surface area contributed by atoms with Gasteiger partial charge in [-0.25, -0.2) is 0 Å². The van der Waals surface area contributed by atoms with Crippen LogP contribution in [0, 0.1) is 5.92 Å². The third kappa shape index (κ3) is 3.07. The molecule has 2 aromatic heterocycles. The van der Waals surface area contributed by atoms with E-state index in [4.69, 9.17) is 8.83 Å². The Morgan fingerprint density at radius 1 is 1.23 bits per heavy atom. The van der Waals surface area contributed by atoms with Crippen molar-refractivity contribution in [2.24, 2.45) is 5.92 Å². The number of piperidine rings is 1. The summed E-state index contributed by atoms with van der Waals surface area (Å²) in [7, 11) is 1.85. The highest BCUT2D eigenvalue weighted by Gasteiger charge is 2.31. The van der Waals surface area contributed by atoms with Gasteiger partial charge in [-0.05, 0) is 44.0 Å². The zero-order valence-corrected chi connectivity index (χ0v) is 15.1. The molecule has 3 heterocycles. The molecule has 0 N–H and O–H groups in total. The smallest absolute Gasteiger partial charge is 0.298 e. The second kappa shape index (κ2) is 6.86. The van der Waals surface area contributed by atoms with E-state index in [0.29, 0.717) is 6.01 Å². The van der Waals surface area contributed by atoms with E-state index in [2.05, 4.69) is 9.88 Å². The van der Waals surface area contributed by atoms with Crippen molar-refractivity contribution in [3.05, 3.63) is 48.4 Å². The number of para-hydroxylation sites is 2. The van der Waals surface area contributed by atoms with Gasteiger partial charge in [0.15, 0.2) is 5.58 Å². The van der Waals surface area contributed by atoms with Gasteiger partial charge in [-0.2, -0.15) is 4.98 Å². The van der Waals surface area contributed by atoms with Crippen molar-refractivity contribution in [2.75, 3.05) is 25.0 Å². The van der Waals surface area contributed by atoms with E-state index in [0.717, 1.165) is 42.8 Å². The van der Waals surface area contributed by atoms with Gasteiger partial charge in [0.2, 0.25) is 5.91 Å². The second-order valence-electron chi connectivity index (χ2n) is 6.87. The van der Waals surface area contributed by atoms with Gasteiger partial charge in [0, 0.05) is 26.1 Å². The fourth-order valence-corrected chi connectivity index (χ4v) is 3.51. The minimum absolute atomic E-state index is 0.0260. The highest BCUT2D eigenvalue weighted by Crippen LogP contribution is 2.29. The van der Waals surface area contributed by atoms with Crippen molar-refractivity contribution in [3.63, 3.8) is 0 Å². The Balaban J connectivity index is 1.39. The number of furan rings is 1. The van der Waals surface area contributed by atoms with Gasteiger partial charge in [0.1, 0.15) is 11.3 Å². The maximum Gasteiger partial charge on any atom is 0.298 e. The summed E-state index contributed by atoms with van der Waals surface area (Å²) in [4.78, 5) is 21.3. The van der Waals surface area contributed by atoms with Crippen LogP contribution in [0.5, 0.6) is 0 Å². The molecule has 1 amide bonds. The van der Waals surface area contributed by atoms with Gasteiger partial charge < -0.3 is 18.6 Å². The quantitative estimate of drug-likeness (QED) is 0.713. The molecule has 6 nitrogen and oxygen atoms in total. The summed E-state index contributed by atoms with van der Waals surface area (Å²) < 4.78 is 11.3. The Kier molecular flexibility index (Phi) is 4.41. The Morgan fingerprint density at radius 2 is 2.00 bits per heavy atom. The fourth-order valence-electron chi connectivity index (χ4n) is 3.51. The van der Waals surface area contributed by atoms with Gasteiger partial charge in [0.25, 0.3) is 6.01 Å². The van der Waals surface area contributed by atoms with Gasteiger partial charge in [-0.3, -0.25) is 4.79 Å². The van der Waals surface area contributed by atoms with Crippen molar-refractivity contribution < 1.29 is 13.6 Å². The summed E-state index contributed by atoms with van der Waals surface area (Å²) in [6.45, 7) is 3.53. The molecule has 0 saturated carbocycles. The first-order chi connectivity index (χ1) is 12.6. The number of oxazole rings is 1. The third-order valence-corrected chi connectivity index (χ3v) is 5.28. The molecule has 1 aliphatic rings. The van der Waals surface area contributed by atoms with E-state index >= 15 is 0 Å². The summed E-state index contributed by atoms with van der Waals surface area (Å²) in [5.74, 6) is 1.01. The van der Waals surface area contributed by atoms with E-state index in [1.165, 1.54) is 0 Å². The number of benzene rings is 1. The summed E-state index contributed by atoms with van der Waals surface area (Å²) >= 11 is 0. The largest absolute Gasteiger partial charge is 0.467 e. The first-order valence-electron chi connectivity index (χ1n) is 9.04. The van der Waals surface area contributed by atoms with E-state index in [9.17, 15) is 4.79 Å². The number of amides is 1. The van der Waals surface area contributed by atoms with Crippen molar-refractivity contribution in [1.82, 2.24) is 9.88 Å². The minimum atomic E-state index is -0.0624. The van der Waals surface area contributed by atoms with Crippen LogP contribution in [0.4, 0.5) is 6.01 Å². The van der Waals surface area contributed by atoms with E-state index in [1.54, 1.807) is 11.2 Å². The highest BCUT2D eigenvalue weighted by molar-refractivity contribution is 5.79. The van der Waals surface area contributed by atoms with Crippen molar-refractivity contribution in [3.8, 4) is 0 Å². The standard InChI is InChI=1S/C20H23N3O3/c1-14(17-8-5-13-25-17)22(2)19(24)15-9-11-23(12-10-15)20-21-16-6-3-4-7-18(16)26-20/h3-8,13-15H,9-12H2,1-2H3. The summed E-state index contributed by atoms with van der Waals surface area (Å²) in [6, 6.07) is 12.1. The summed E-state index contributed by atoms with van der Waals surface area (Å²) in [5.41, 5.74) is 1.67. The average molecular weight is 353 g/mol. The molecule has 1 unspecified atom stereocenters. The molecule has 0 radical (unpaired) electrons. The van der Waals surface area contributed by atoms with Gasteiger partial charge >= 0.3 is 0 Å². The predicted octanol–water partition coefficient (Wildman–Crippen LogP) is 3.86. The molecule has 1 aromatic carbocycles. The van der Waals surface area contributed by atoms with Crippen molar-refractivity contribution in [1.29, 1.82) is 0 Å². The summed E-state index contributed by atoms with van der Waals surface area (Å²) in [5, 5.41) is 0. The van der Waals surface area contributed by atoms with Crippen LogP contribution in [0.25, 0.3) is 11.1 Å². The predicted molar refractivity (Wildman–Crippen MR) is 98.8 cm³/mol. The first kappa shape index (κ1) is 16.7. The Bertz CT molecular complexity index is 846. The number of fused-ring (bicyclic) bond motifs is 1. The molecule has 0 spiro atoms. The van der Waals surface area contributed by atoms with Gasteiger partial charge in [0.05, 0.1) is 12.3 Å². The topological polar surface area (TPSA) is 62.7 Å². The van der Waals surface area contributed by atoms with Crippen LogP contribution in [0.1, 0.15) is 31.6 Å². The minimum Gasteiger partial charge on any atom is -0.467 e. The van der Waals surface area contributed by atoms with Crippen LogP contribution in [-0.4, -0.2) is 35.9 Å². The average Bonchev–Trinajstić information content (AvgIpc) is 3.36. The lowest BCUT2D eigenvalue weighted by Gasteiger charge is -2.33. The maximum atomic E-state index is 12.8. The molecule has 0 aliphatic carbocycles. The molecule has 1 aliphatic heterocycles. The highest BCUT2D eigenvalue weighted by atomic mass is 16.4. The first-order valence-corrected chi connectivity index (χ1v) is 9.04. The molecule has 26 heavy (non-hydrogen) atoms. The Hall–Kier alpha value is -2.76. The zero-order valence-electron chi connectivity index (χ0n) is 15.1. The number of nitrogens with zero attached hydrogens (tertiary/aromatic N) is 3. The molecule has 6 heteroatoms. The van der Waals surface area contributed by atoms with Crippen LogP contribution in [0.3, 0.4) is 0 Å². The molecule has 1 saturated heterocycles. The van der Waals surface area contributed by atoms with Gasteiger partial charge in [-0.1, -0.05) is 12.1 Å². The number of rotatable bonds is 4. The normalized spacial score (nSPS) is 16.8. The van der Waals surface area contributed by atoms with Gasteiger partial charge in [-0.15, -0.1) is 0 Å². The van der Waals surface area contributed by atoms with E-state index in [1.807, 2.05) is 50.4 Å². The summed E-state index contributed by atoms with van der Waals surface area (Å²) in [6.07, 6.45) is 3.24. The van der Waals surface area contributed by atoms with Crippen molar-refractivity contribution in [2.45, 2.75) is 25.8 Å². The van der Waals surface area contributed by atoms with E-state index < -0.39 is 0 Å².